The molecule has 0 aromatic heterocycles. The van der Waals surface area contributed by atoms with Gasteiger partial charge in [0.05, 0.1) is 11.7 Å². The van der Waals surface area contributed by atoms with Crippen molar-refractivity contribution in [2.24, 2.45) is 5.92 Å². The van der Waals surface area contributed by atoms with Crippen LogP contribution < -0.4 is 0 Å². The van der Waals surface area contributed by atoms with Crippen molar-refractivity contribution in [2.75, 3.05) is 13.1 Å². The number of carboxylic acids is 1. The fraction of sp³-hybridized carbons (Fsp3) is 0.500. The Morgan fingerprint density at radius 1 is 1.30 bits per heavy atom. The summed E-state index contributed by atoms with van der Waals surface area (Å²) in [6.45, 7) is 2.48. The van der Waals surface area contributed by atoms with Crippen molar-refractivity contribution < 1.29 is 18.3 Å². The number of piperidine rings is 1. The van der Waals surface area contributed by atoms with E-state index < -0.39 is 21.9 Å². The van der Waals surface area contributed by atoms with Crippen molar-refractivity contribution in [1.29, 1.82) is 0 Å². The van der Waals surface area contributed by atoms with Crippen molar-refractivity contribution in [2.45, 2.75) is 25.5 Å². The highest BCUT2D eigenvalue weighted by atomic mass is 32.2. The van der Waals surface area contributed by atoms with Crippen molar-refractivity contribution >= 4 is 16.0 Å². The molecular weight excluding hydrogens is 278 g/mol. The SMILES string of the molecule is Cc1ccccc1CS(=O)(=O)N1CCC(C(=O)O)CC1. The van der Waals surface area contributed by atoms with Crippen molar-refractivity contribution in [1.82, 2.24) is 4.31 Å². The van der Waals surface area contributed by atoms with Crippen LogP contribution in [0.3, 0.4) is 0 Å². The molecule has 0 saturated carbocycles. The number of hydrogen-bond donors (Lipinski definition) is 1. The first-order chi connectivity index (χ1) is 9.40. The third kappa shape index (κ3) is 3.37. The van der Waals surface area contributed by atoms with E-state index in [1.54, 1.807) is 0 Å². The number of carbonyl (C=O) groups is 1. The summed E-state index contributed by atoms with van der Waals surface area (Å²) in [4.78, 5) is 10.9. The van der Waals surface area contributed by atoms with Gasteiger partial charge in [0.25, 0.3) is 0 Å². The number of aliphatic carboxylic acids is 1. The Balaban J connectivity index is 2.05. The van der Waals surface area contributed by atoms with E-state index in [-0.39, 0.29) is 5.75 Å². The molecule has 2 rings (SSSR count). The van der Waals surface area contributed by atoms with Crippen LogP contribution in [0.1, 0.15) is 24.0 Å². The molecule has 1 aliphatic heterocycles. The number of benzene rings is 1. The fourth-order valence-electron chi connectivity index (χ4n) is 2.44. The lowest BCUT2D eigenvalue weighted by molar-refractivity contribution is -0.142. The first kappa shape index (κ1) is 15.0. The van der Waals surface area contributed by atoms with Gasteiger partial charge < -0.3 is 5.11 Å². The summed E-state index contributed by atoms with van der Waals surface area (Å²) < 4.78 is 26.1. The van der Waals surface area contributed by atoms with Gasteiger partial charge >= 0.3 is 5.97 Å². The van der Waals surface area contributed by atoms with E-state index in [0.717, 1.165) is 11.1 Å². The molecule has 0 spiro atoms. The van der Waals surface area contributed by atoms with Crippen LogP contribution in [-0.2, 0) is 20.6 Å². The summed E-state index contributed by atoms with van der Waals surface area (Å²) in [5.74, 6) is -1.27. The lowest BCUT2D eigenvalue weighted by Crippen LogP contribution is -2.40. The summed E-state index contributed by atoms with van der Waals surface area (Å²) in [5, 5.41) is 8.93. The summed E-state index contributed by atoms with van der Waals surface area (Å²) in [5.41, 5.74) is 1.75. The molecule has 0 amide bonds. The Labute approximate surface area is 119 Å². The van der Waals surface area contributed by atoms with Gasteiger partial charge in [-0.2, -0.15) is 0 Å². The second kappa shape index (κ2) is 5.93. The topological polar surface area (TPSA) is 74.7 Å². The Morgan fingerprint density at radius 3 is 2.45 bits per heavy atom. The highest BCUT2D eigenvalue weighted by molar-refractivity contribution is 7.88. The Hall–Kier alpha value is -1.40. The second-order valence-corrected chi connectivity index (χ2v) is 7.16. The summed E-state index contributed by atoms with van der Waals surface area (Å²) in [7, 11) is -3.37. The molecule has 20 heavy (non-hydrogen) atoms. The normalized spacial score (nSPS) is 18.1. The Kier molecular flexibility index (Phi) is 4.45. The van der Waals surface area contributed by atoms with Crippen LogP contribution in [-0.4, -0.2) is 36.9 Å². The van der Waals surface area contributed by atoms with Gasteiger partial charge in [0.15, 0.2) is 0 Å². The van der Waals surface area contributed by atoms with Gasteiger partial charge in [-0.15, -0.1) is 0 Å². The molecule has 0 atom stereocenters. The Bertz CT molecular complexity index is 589. The lowest BCUT2D eigenvalue weighted by atomic mass is 9.99. The van der Waals surface area contributed by atoms with E-state index in [1.165, 1.54) is 4.31 Å². The van der Waals surface area contributed by atoms with Gasteiger partial charge in [0, 0.05) is 13.1 Å². The number of hydrogen-bond acceptors (Lipinski definition) is 3. The predicted octanol–water partition coefficient (Wildman–Crippen LogP) is 1.62. The predicted molar refractivity (Wildman–Crippen MR) is 75.7 cm³/mol. The summed E-state index contributed by atoms with van der Waals surface area (Å²) in [6.07, 6.45) is 0.782. The van der Waals surface area contributed by atoms with Crippen molar-refractivity contribution in [3.63, 3.8) is 0 Å². The number of aryl methyl sites for hydroxylation is 1. The molecule has 1 aromatic rings. The summed E-state index contributed by atoms with van der Waals surface area (Å²) in [6, 6.07) is 7.41. The molecule has 1 fully saturated rings. The number of carboxylic acid groups (broad SMARTS) is 1. The zero-order valence-electron chi connectivity index (χ0n) is 11.4. The van der Waals surface area contributed by atoms with Crippen LogP contribution in [0.2, 0.25) is 0 Å². The zero-order valence-corrected chi connectivity index (χ0v) is 12.3. The zero-order chi connectivity index (χ0) is 14.8. The molecule has 6 heteroatoms. The fourth-order valence-corrected chi connectivity index (χ4v) is 4.11. The minimum absolute atomic E-state index is 0.0165. The third-order valence-electron chi connectivity index (χ3n) is 3.80. The van der Waals surface area contributed by atoms with E-state index in [0.29, 0.717) is 25.9 Å². The molecule has 0 aliphatic carbocycles. The maximum Gasteiger partial charge on any atom is 0.306 e. The van der Waals surface area contributed by atoms with Gasteiger partial charge in [-0.25, -0.2) is 12.7 Å². The average molecular weight is 297 g/mol. The molecule has 0 radical (unpaired) electrons. The molecule has 1 aliphatic rings. The minimum Gasteiger partial charge on any atom is -0.481 e. The van der Waals surface area contributed by atoms with E-state index in [1.807, 2.05) is 31.2 Å². The average Bonchev–Trinajstić information content (AvgIpc) is 2.41. The van der Waals surface area contributed by atoms with Gasteiger partial charge in [-0.3, -0.25) is 4.79 Å². The molecule has 1 saturated heterocycles. The van der Waals surface area contributed by atoms with Crippen LogP contribution in [0.5, 0.6) is 0 Å². The van der Waals surface area contributed by atoms with Crippen LogP contribution in [0, 0.1) is 12.8 Å². The first-order valence-electron chi connectivity index (χ1n) is 6.65. The Morgan fingerprint density at radius 2 is 1.90 bits per heavy atom. The molecule has 1 N–H and O–H groups in total. The van der Waals surface area contributed by atoms with Crippen molar-refractivity contribution in [3.05, 3.63) is 35.4 Å². The molecule has 1 aromatic carbocycles. The third-order valence-corrected chi connectivity index (χ3v) is 5.62. The lowest BCUT2D eigenvalue weighted by Gasteiger charge is -2.29. The van der Waals surface area contributed by atoms with E-state index >= 15 is 0 Å². The molecule has 0 unspecified atom stereocenters. The molecule has 5 nitrogen and oxygen atoms in total. The molecule has 110 valence electrons. The van der Waals surface area contributed by atoms with Gasteiger partial charge in [0.2, 0.25) is 10.0 Å². The quantitative estimate of drug-likeness (QED) is 0.916. The number of nitrogens with zero attached hydrogens (tertiary/aromatic N) is 1. The van der Waals surface area contributed by atoms with E-state index in [2.05, 4.69) is 0 Å². The smallest absolute Gasteiger partial charge is 0.306 e. The van der Waals surface area contributed by atoms with E-state index in [9.17, 15) is 13.2 Å². The molecule has 1 heterocycles. The first-order valence-corrected chi connectivity index (χ1v) is 8.26. The number of rotatable bonds is 4. The van der Waals surface area contributed by atoms with Crippen molar-refractivity contribution in [3.8, 4) is 0 Å². The molecule has 0 bridgehead atoms. The minimum atomic E-state index is -3.37. The number of sulfonamides is 1. The highest BCUT2D eigenvalue weighted by Crippen LogP contribution is 2.22. The van der Waals surface area contributed by atoms with Crippen LogP contribution >= 0.6 is 0 Å². The second-order valence-electron chi connectivity index (χ2n) is 5.19. The largest absolute Gasteiger partial charge is 0.481 e. The standard InChI is InChI=1S/C14H19NO4S/c1-11-4-2-3-5-13(11)10-20(18,19)15-8-6-12(7-9-15)14(16)17/h2-5,12H,6-10H2,1H3,(H,16,17). The molecular formula is C14H19NO4S. The van der Waals surface area contributed by atoms with Crippen LogP contribution in [0.25, 0.3) is 0 Å². The van der Waals surface area contributed by atoms with Crippen LogP contribution in [0.4, 0.5) is 0 Å². The summed E-state index contributed by atoms with van der Waals surface area (Å²) >= 11 is 0. The van der Waals surface area contributed by atoms with E-state index in [4.69, 9.17) is 5.11 Å². The monoisotopic (exact) mass is 297 g/mol. The van der Waals surface area contributed by atoms with Gasteiger partial charge in [-0.05, 0) is 30.9 Å². The van der Waals surface area contributed by atoms with Gasteiger partial charge in [0.1, 0.15) is 0 Å². The van der Waals surface area contributed by atoms with Gasteiger partial charge in [-0.1, -0.05) is 24.3 Å². The van der Waals surface area contributed by atoms with Crippen LogP contribution in [0.15, 0.2) is 24.3 Å². The highest BCUT2D eigenvalue weighted by Gasteiger charge is 2.31. The maximum atomic E-state index is 12.4. The maximum absolute atomic E-state index is 12.4.